The van der Waals surface area contributed by atoms with Crippen LogP contribution < -0.4 is 0 Å². The van der Waals surface area contributed by atoms with Crippen LogP contribution in [0.2, 0.25) is 0 Å². The van der Waals surface area contributed by atoms with Crippen LogP contribution in [0, 0.1) is 0 Å². The average Bonchev–Trinajstić information content (AvgIpc) is 2.47. The van der Waals surface area contributed by atoms with Crippen LogP contribution >= 0.6 is 15.9 Å². The van der Waals surface area contributed by atoms with Crippen molar-refractivity contribution < 1.29 is 4.74 Å². The van der Waals surface area contributed by atoms with Gasteiger partial charge in [0.15, 0.2) is 0 Å². The molecule has 0 aliphatic rings. The van der Waals surface area contributed by atoms with Gasteiger partial charge in [0.05, 0.1) is 13.2 Å². The first kappa shape index (κ1) is 14.8. The Bertz CT molecular complexity index is 573. The average molecular weight is 329 g/mol. The molecule has 0 amide bonds. The van der Waals surface area contributed by atoms with Gasteiger partial charge in [-0.3, -0.25) is 0 Å². The van der Waals surface area contributed by atoms with E-state index in [1.807, 2.05) is 48.6 Å². The molecule has 0 aliphatic carbocycles. The molecule has 2 aromatic rings. The van der Waals surface area contributed by atoms with Gasteiger partial charge in [-0.05, 0) is 23.3 Å². The Kier molecular flexibility index (Phi) is 6.28. The van der Waals surface area contributed by atoms with E-state index in [4.69, 9.17) is 4.74 Å². The summed E-state index contributed by atoms with van der Waals surface area (Å²) < 4.78 is 6.66. The van der Waals surface area contributed by atoms with Gasteiger partial charge in [-0.15, -0.1) is 0 Å². The Balaban J connectivity index is 1.69. The van der Waals surface area contributed by atoms with Crippen LogP contribution in [0.3, 0.4) is 0 Å². The maximum atomic E-state index is 5.56. The third-order valence-electron chi connectivity index (χ3n) is 2.71. The minimum atomic E-state index is 0.623. The lowest BCUT2D eigenvalue weighted by Crippen LogP contribution is -1.91. The summed E-state index contributed by atoms with van der Waals surface area (Å²) in [7, 11) is 0. The van der Waals surface area contributed by atoms with Gasteiger partial charge in [0.2, 0.25) is 0 Å². The van der Waals surface area contributed by atoms with Crippen LogP contribution in [0.1, 0.15) is 11.1 Å². The summed E-state index contributed by atoms with van der Waals surface area (Å²) in [5, 5.41) is 0. The van der Waals surface area contributed by atoms with E-state index in [9.17, 15) is 0 Å². The molecule has 0 fully saturated rings. The molecule has 0 saturated heterocycles. The van der Waals surface area contributed by atoms with Crippen LogP contribution in [0.4, 0.5) is 0 Å². The molecule has 0 heterocycles. The summed E-state index contributed by atoms with van der Waals surface area (Å²) in [5.41, 5.74) is 2.37. The number of allylic oxidation sites excluding steroid dienone is 2. The van der Waals surface area contributed by atoms with Crippen molar-refractivity contribution in [3.63, 3.8) is 0 Å². The smallest absolute Gasteiger partial charge is 0.0721 e. The van der Waals surface area contributed by atoms with Crippen LogP contribution in [0.25, 0.3) is 6.08 Å². The fourth-order valence-corrected chi connectivity index (χ4v) is 2.15. The van der Waals surface area contributed by atoms with E-state index >= 15 is 0 Å². The fourth-order valence-electron chi connectivity index (χ4n) is 1.73. The molecule has 0 bridgehead atoms. The zero-order chi connectivity index (χ0) is 14.0. The summed E-state index contributed by atoms with van der Waals surface area (Å²) >= 11 is 3.46. The molecule has 0 aliphatic heterocycles. The molecule has 0 unspecified atom stereocenters. The standard InChI is InChI=1S/C18H17BrO/c19-18-12-7-11-16(14-18)8-5-2-6-13-20-15-17-9-3-1-4-10-17/h1-12,14H,13,15H2/b6-2+,8-5+. The van der Waals surface area contributed by atoms with Crippen molar-refractivity contribution in [3.8, 4) is 0 Å². The minimum absolute atomic E-state index is 0.623. The molecule has 20 heavy (non-hydrogen) atoms. The van der Waals surface area contributed by atoms with Crippen molar-refractivity contribution in [2.45, 2.75) is 6.61 Å². The SMILES string of the molecule is Brc1cccc(/C=C/C=C/COCc2ccccc2)c1. The van der Waals surface area contributed by atoms with Gasteiger partial charge >= 0.3 is 0 Å². The van der Waals surface area contributed by atoms with Gasteiger partial charge in [-0.25, -0.2) is 0 Å². The first-order chi connectivity index (χ1) is 9.84. The Morgan fingerprint density at radius 1 is 0.950 bits per heavy atom. The maximum Gasteiger partial charge on any atom is 0.0721 e. The van der Waals surface area contributed by atoms with E-state index in [0.29, 0.717) is 13.2 Å². The summed E-state index contributed by atoms with van der Waals surface area (Å²) in [5.74, 6) is 0. The van der Waals surface area contributed by atoms with Crippen molar-refractivity contribution >= 4 is 22.0 Å². The lowest BCUT2D eigenvalue weighted by molar-refractivity contribution is 0.148. The van der Waals surface area contributed by atoms with Crippen molar-refractivity contribution in [1.82, 2.24) is 0 Å². The molecule has 2 heteroatoms. The topological polar surface area (TPSA) is 9.23 Å². The highest BCUT2D eigenvalue weighted by atomic mass is 79.9. The fraction of sp³-hybridized carbons (Fsp3) is 0.111. The van der Waals surface area contributed by atoms with Gasteiger partial charge in [-0.2, -0.15) is 0 Å². The summed E-state index contributed by atoms with van der Waals surface area (Å²) in [4.78, 5) is 0. The van der Waals surface area contributed by atoms with Crippen LogP contribution in [0.5, 0.6) is 0 Å². The predicted octanol–water partition coefficient (Wildman–Crippen LogP) is 5.24. The van der Waals surface area contributed by atoms with E-state index in [1.165, 1.54) is 11.1 Å². The van der Waals surface area contributed by atoms with Gasteiger partial charge in [0, 0.05) is 4.47 Å². The van der Waals surface area contributed by atoms with Crippen molar-refractivity contribution in [3.05, 3.63) is 88.4 Å². The number of benzene rings is 2. The Morgan fingerprint density at radius 2 is 1.80 bits per heavy atom. The third-order valence-corrected chi connectivity index (χ3v) is 3.20. The summed E-state index contributed by atoms with van der Waals surface area (Å²) in [6, 6.07) is 18.4. The molecule has 0 N–H and O–H groups in total. The van der Waals surface area contributed by atoms with Gasteiger partial charge < -0.3 is 4.74 Å². The molecule has 0 radical (unpaired) electrons. The Morgan fingerprint density at radius 3 is 2.60 bits per heavy atom. The predicted molar refractivity (Wildman–Crippen MR) is 88.4 cm³/mol. The van der Waals surface area contributed by atoms with Gasteiger partial charge in [0.25, 0.3) is 0 Å². The lowest BCUT2D eigenvalue weighted by atomic mass is 10.2. The molecule has 102 valence electrons. The van der Waals surface area contributed by atoms with E-state index in [1.54, 1.807) is 0 Å². The molecule has 2 rings (SSSR count). The highest BCUT2D eigenvalue weighted by Gasteiger charge is 1.89. The van der Waals surface area contributed by atoms with E-state index in [0.717, 1.165) is 4.47 Å². The Labute approximate surface area is 128 Å². The van der Waals surface area contributed by atoms with Gasteiger partial charge in [-0.1, -0.05) is 82.7 Å². The largest absolute Gasteiger partial charge is 0.373 e. The summed E-state index contributed by atoms with van der Waals surface area (Å²) in [6.07, 6.45) is 8.11. The first-order valence-corrected chi connectivity index (χ1v) is 7.34. The van der Waals surface area contributed by atoms with E-state index in [-0.39, 0.29) is 0 Å². The molecular weight excluding hydrogens is 312 g/mol. The second kappa shape index (κ2) is 8.51. The molecule has 0 saturated carbocycles. The van der Waals surface area contributed by atoms with Crippen LogP contribution in [-0.4, -0.2) is 6.61 Å². The lowest BCUT2D eigenvalue weighted by Gasteiger charge is -2.00. The second-order valence-corrected chi connectivity index (χ2v) is 5.26. The first-order valence-electron chi connectivity index (χ1n) is 6.55. The Hall–Kier alpha value is -1.64. The molecule has 0 atom stereocenters. The molecule has 0 aromatic heterocycles. The minimum Gasteiger partial charge on any atom is -0.373 e. The molecular formula is C18H17BrO. The molecule has 0 spiro atoms. The number of ether oxygens (including phenoxy) is 1. The molecule has 1 nitrogen and oxygen atoms in total. The molecule has 2 aromatic carbocycles. The van der Waals surface area contributed by atoms with Crippen LogP contribution in [0.15, 0.2) is 77.3 Å². The number of rotatable bonds is 6. The summed E-state index contributed by atoms with van der Waals surface area (Å²) in [6.45, 7) is 1.28. The van der Waals surface area contributed by atoms with Crippen molar-refractivity contribution in [2.24, 2.45) is 0 Å². The monoisotopic (exact) mass is 328 g/mol. The number of halogens is 1. The number of hydrogen-bond donors (Lipinski definition) is 0. The quantitative estimate of drug-likeness (QED) is 0.520. The second-order valence-electron chi connectivity index (χ2n) is 4.34. The zero-order valence-corrected chi connectivity index (χ0v) is 12.8. The highest BCUT2D eigenvalue weighted by molar-refractivity contribution is 9.10. The number of hydrogen-bond acceptors (Lipinski definition) is 1. The van der Waals surface area contributed by atoms with E-state index in [2.05, 4.69) is 46.3 Å². The zero-order valence-electron chi connectivity index (χ0n) is 11.2. The van der Waals surface area contributed by atoms with E-state index < -0.39 is 0 Å². The maximum absolute atomic E-state index is 5.56. The van der Waals surface area contributed by atoms with Gasteiger partial charge in [0.1, 0.15) is 0 Å². The van der Waals surface area contributed by atoms with Crippen LogP contribution in [-0.2, 0) is 11.3 Å². The highest BCUT2D eigenvalue weighted by Crippen LogP contribution is 2.12. The van der Waals surface area contributed by atoms with Crippen molar-refractivity contribution in [2.75, 3.05) is 6.61 Å². The van der Waals surface area contributed by atoms with Crippen molar-refractivity contribution in [1.29, 1.82) is 0 Å². The third kappa shape index (κ3) is 5.55. The normalized spacial score (nSPS) is 11.4.